The molecule has 0 aliphatic rings. The lowest BCUT2D eigenvalue weighted by molar-refractivity contribution is 0.629. The largest absolute Gasteiger partial charge is 0.279 e. The first-order valence-corrected chi connectivity index (χ1v) is 4.66. The van der Waals surface area contributed by atoms with Gasteiger partial charge in [0.15, 0.2) is 5.65 Å². The fraction of sp³-hybridized carbons (Fsp3) is 0.0909. The molecule has 0 saturated heterocycles. The van der Waals surface area contributed by atoms with E-state index in [1.54, 1.807) is 6.07 Å². The first kappa shape index (κ1) is 8.35. The Balaban J connectivity index is 2.58. The summed E-state index contributed by atoms with van der Waals surface area (Å²) >= 11 is 0. The smallest absolute Gasteiger partial charge is 0.161 e. The van der Waals surface area contributed by atoms with Crippen molar-refractivity contribution in [2.75, 3.05) is 0 Å². The molecule has 0 spiro atoms. The predicted molar refractivity (Wildman–Crippen MR) is 55.2 cm³/mol. The summed E-state index contributed by atoms with van der Waals surface area (Å²) in [6.07, 6.45) is 0. The van der Waals surface area contributed by atoms with Crippen LogP contribution in [-0.4, -0.2) is 14.6 Å². The third-order valence-electron chi connectivity index (χ3n) is 2.49. The predicted octanol–water partition coefficient (Wildman–Crippen LogP) is 2.33. The van der Waals surface area contributed by atoms with E-state index in [0.29, 0.717) is 0 Å². The topological polar surface area (TPSA) is 30.2 Å². The first-order chi connectivity index (χ1) is 7.25. The number of fused-ring (bicyclic) bond motifs is 3. The highest BCUT2D eigenvalue weighted by Crippen LogP contribution is 2.18. The van der Waals surface area contributed by atoms with Crippen LogP contribution in [0.3, 0.4) is 0 Å². The minimum Gasteiger partial charge on any atom is -0.279 e. The quantitative estimate of drug-likeness (QED) is 0.558. The van der Waals surface area contributed by atoms with Crippen LogP contribution in [-0.2, 0) is 0 Å². The van der Waals surface area contributed by atoms with Crippen molar-refractivity contribution in [3.8, 4) is 0 Å². The van der Waals surface area contributed by atoms with Gasteiger partial charge in [0.1, 0.15) is 11.6 Å². The molecule has 3 rings (SSSR count). The van der Waals surface area contributed by atoms with E-state index in [0.717, 1.165) is 22.4 Å². The zero-order valence-corrected chi connectivity index (χ0v) is 8.11. The van der Waals surface area contributed by atoms with Crippen LogP contribution in [0.4, 0.5) is 4.39 Å². The van der Waals surface area contributed by atoms with E-state index in [-0.39, 0.29) is 5.82 Å². The maximum atomic E-state index is 13.0. The van der Waals surface area contributed by atoms with Gasteiger partial charge in [-0.15, -0.1) is 10.2 Å². The molecule has 0 amide bonds. The van der Waals surface area contributed by atoms with E-state index >= 15 is 0 Å². The Morgan fingerprint density at radius 2 is 2.00 bits per heavy atom. The van der Waals surface area contributed by atoms with E-state index in [2.05, 4.69) is 10.2 Å². The molecule has 15 heavy (non-hydrogen) atoms. The van der Waals surface area contributed by atoms with Gasteiger partial charge < -0.3 is 0 Å². The maximum Gasteiger partial charge on any atom is 0.161 e. The van der Waals surface area contributed by atoms with Crippen molar-refractivity contribution in [3.05, 3.63) is 42.0 Å². The molecular formula is C11H8FN3. The van der Waals surface area contributed by atoms with Gasteiger partial charge in [0, 0.05) is 5.39 Å². The molecule has 0 aliphatic heterocycles. The molecule has 3 nitrogen and oxygen atoms in total. The average molecular weight is 201 g/mol. The molecule has 74 valence electrons. The Bertz CT molecular complexity index is 657. The van der Waals surface area contributed by atoms with Gasteiger partial charge in [-0.05, 0) is 37.3 Å². The number of aryl methyl sites for hydroxylation is 1. The third kappa shape index (κ3) is 1.11. The zero-order chi connectivity index (χ0) is 10.4. The van der Waals surface area contributed by atoms with Crippen molar-refractivity contribution in [3.63, 3.8) is 0 Å². The number of aromatic nitrogens is 3. The van der Waals surface area contributed by atoms with Gasteiger partial charge in [0.05, 0.1) is 5.52 Å². The van der Waals surface area contributed by atoms with Crippen LogP contribution >= 0.6 is 0 Å². The second kappa shape index (κ2) is 2.76. The van der Waals surface area contributed by atoms with E-state index in [4.69, 9.17) is 0 Å². The lowest BCUT2D eigenvalue weighted by Crippen LogP contribution is -1.91. The number of hydrogen-bond donors (Lipinski definition) is 0. The van der Waals surface area contributed by atoms with E-state index in [1.165, 1.54) is 12.1 Å². The number of hydrogen-bond acceptors (Lipinski definition) is 2. The van der Waals surface area contributed by atoms with Crippen molar-refractivity contribution in [2.45, 2.75) is 6.92 Å². The fourth-order valence-electron chi connectivity index (χ4n) is 1.81. The van der Waals surface area contributed by atoms with Crippen LogP contribution in [0.5, 0.6) is 0 Å². The lowest BCUT2D eigenvalue weighted by Gasteiger charge is -2.02. The molecule has 2 aromatic heterocycles. The van der Waals surface area contributed by atoms with Crippen molar-refractivity contribution < 1.29 is 4.39 Å². The Morgan fingerprint density at radius 1 is 1.13 bits per heavy atom. The first-order valence-electron chi connectivity index (χ1n) is 4.66. The van der Waals surface area contributed by atoms with E-state index < -0.39 is 0 Å². The van der Waals surface area contributed by atoms with E-state index in [1.807, 2.05) is 23.5 Å². The second-order valence-corrected chi connectivity index (χ2v) is 3.48. The van der Waals surface area contributed by atoms with Crippen molar-refractivity contribution in [1.82, 2.24) is 14.6 Å². The Hall–Kier alpha value is -1.97. The summed E-state index contributed by atoms with van der Waals surface area (Å²) in [6, 6.07) is 8.38. The minimum absolute atomic E-state index is 0.229. The molecule has 2 heterocycles. The van der Waals surface area contributed by atoms with Crippen LogP contribution in [0.1, 0.15) is 5.82 Å². The molecular weight excluding hydrogens is 193 g/mol. The Labute approximate surface area is 85.2 Å². The van der Waals surface area contributed by atoms with Crippen LogP contribution in [0.25, 0.3) is 16.6 Å². The molecule has 0 N–H and O–H groups in total. The summed E-state index contributed by atoms with van der Waals surface area (Å²) in [6.45, 7) is 1.88. The Morgan fingerprint density at radius 3 is 2.87 bits per heavy atom. The molecule has 0 fully saturated rings. The van der Waals surface area contributed by atoms with Crippen molar-refractivity contribution in [1.29, 1.82) is 0 Å². The minimum atomic E-state index is -0.229. The SMILES string of the molecule is Cc1nnc2ccc3cc(F)ccc3n12. The molecule has 0 aliphatic carbocycles. The molecule has 1 aromatic carbocycles. The normalized spacial score (nSPS) is 11.3. The van der Waals surface area contributed by atoms with E-state index in [9.17, 15) is 4.39 Å². The van der Waals surface area contributed by atoms with Gasteiger partial charge >= 0.3 is 0 Å². The summed E-state index contributed by atoms with van der Waals surface area (Å²) in [5, 5.41) is 8.85. The number of pyridine rings is 1. The van der Waals surface area contributed by atoms with Gasteiger partial charge in [0.2, 0.25) is 0 Å². The monoisotopic (exact) mass is 201 g/mol. The maximum absolute atomic E-state index is 13.0. The standard InChI is InChI=1S/C11H8FN3/c1-7-13-14-11-5-2-8-6-9(12)3-4-10(8)15(7)11/h2-6H,1H3. The van der Waals surface area contributed by atoms with Gasteiger partial charge in [-0.2, -0.15) is 0 Å². The lowest BCUT2D eigenvalue weighted by atomic mass is 10.2. The highest BCUT2D eigenvalue weighted by Gasteiger charge is 2.05. The van der Waals surface area contributed by atoms with Gasteiger partial charge in [-0.25, -0.2) is 4.39 Å². The Kier molecular flexibility index (Phi) is 1.54. The molecule has 0 radical (unpaired) electrons. The molecule has 0 saturated carbocycles. The van der Waals surface area contributed by atoms with Crippen molar-refractivity contribution >= 4 is 16.6 Å². The van der Waals surface area contributed by atoms with Crippen LogP contribution in [0, 0.1) is 12.7 Å². The zero-order valence-electron chi connectivity index (χ0n) is 8.11. The summed E-state index contributed by atoms with van der Waals surface area (Å²) in [4.78, 5) is 0. The highest BCUT2D eigenvalue weighted by atomic mass is 19.1. The molecule has 0 atom stereocenters. The summed E-state index contributed by atoms with van der Waals surface area (Å²) in [5.74, 6) is 0.579. The molecule has 0 unspecified atom stereocenters. The number of halogens is 1. The van der Waals surface area contributed by atoms with Crippen LogP contribution < -0.4 is 0 Å². The summed E-state index contributed by atoms with van der Waals surface area (Å²) in [7, 11) is 0. The summed E-state index contributed by atoms with van der Waals surface area (Å²) in [5.41, 5.74) is 1.71. The van der Waals surface area contributed by atoms with Gasteiger partial charge in [0.25, 0.3) is 0 Å². The van der Waals surface area contributed by atoms with Crippen LogP contribution in [0.2, 0.25) is 0 Å². The third-order valence-corrected chi connectivity index (χ3v) is 2.49. The molecule has 3 aromatic rings. The van der Waals surface area contributed by atoms with Crippen molar-refractivity contribution in [2.24, 2.45) is 0 Å². The second-order valence-electron chi connectivity index (χ2n) is 3.48. The number of rotatable bonds is 0. The number of nitrogens with zero attached hydrogens (tertiary/aromatic N) is 3. The molecule has 4 heteroatoms. The number of benzene rings is 1. The molecule has 0 bridgehead atoms. The van der Waals surface area contributed by atoms with Crippen LogP contribution in [0.15, 0.2) is 30.3 Å². The highest BCUT2D eigenvalue weighted by molar-refractivity contribution is 5.82. The fourth-order valence-corrected chi connectivity index (χ4v) is 1.81. The summed E-state index contributed by atoms with van der Waals surface area (Å²) < 4.78 is 14.9. The van der Waals surface area contributed by atoms with Gasteiger partial charge in [-0.3, -0.25) is 4.40 Å². The van der Waals surface area contributed by atoms with Gasteiger partial charge in [-0.1, -0.05) is 0 Å². The average Bonchev–Trinajstić information content (AvgIpc) is 2.60.